The average molecular weight is 395 g/mol. The van der Waals surface area contributed by atoms with Crippen molar-refractivity contribution in [1.82, 2.24) is 0 Å². The number of benzene rings is 1. The van der Waals surface area contributed by atoms with E-state index in [4.69, 9.17) is 14.2 Å². The normalized spacial score (nSPS) is 24.3. The molecule has 0 saturated heterocycles. The van der Waals surface area contributed by atoms with Gasteiger partial charge in [-0.25, -0.2) is 4.79 Å². The van der Waals surface area contributed by atoms with E-state index < -0.39 is 5.92 Å². The van der Waals surface area contributed by atoms with Crippen molar-refractivity contribution in [3.63, 3.8) is 0 Å². The average Bonchev–Trinajstić information content (AvgIpc) is 2.95. The Morgan fingerprint density at radius 3 is 2.71 bits per heavy atom. The molecular weight excluding hydrogens is 376 g/mol. The maximum atomic E-state index is 12.4. The van der Waals surface area contributed by atoms with Crippen LogP contribution in [0.3, 0.4) is 0 Å². The summed E-state index contributed by atoms with van der Waals surface area (Å²) in [5, 5.41) is 0. The van der Waals surface area contributed by atoms with E-state index in [1.54, 1.807) is 19.9 Å². The minimum Gasteiger partial charge on any atom is -0.493 e. The van der Waals surface area contributed by atoms with Crippen molar-refractivity contribution in [3.05, 3.63) is 39.9 Å². The molecule has 1 aromatic rings. The minimum absolute atomic E-state index is 0.176. The number of rotatable bonds is 4. The maximum absolute atomic E-state index is 12.4. The molecule has 0 N–H and O–H groups in total. The van der Waals surface area contributed by atoms with E-state index in [-0.39, 0.29) is 23.8 Å². The molecule has 0 saturated carbocycles. The summed E-state index contributed by atoms with van der Waals surface area (Å²) >= 11 is 3.46. The first-order chi connectivity index (χ1) is 11.6. The number of esters is 2. The van der Waals surface area contributed by atoms with Crippen molar-refractivity contribution in [2.24, 2.45) is 11.8 Å². The fraction of sp³-hybridized carbons (Fsp3) is 0.444. The van der Waals surface area contributed by atoms with E-state index in [0.29, 0.717) is 25.4 Å². The van der Waals surface area contributed by atoms with Gasteiger partial charge in [0.25, 0.3) is 0 Å². The maximum Gasteiger partial charge on any atom is 0.334 e. The summed E-state index contributed by atoms with van der Waals surface area (Å²) < 4.78 is 17.1. The highest BCUT2D eigenvalue weighted by molar-refractivity contribution is 9.10. The molecule has 0 amide bonds. The number of fused-ring (bicyclic) bond motifs is 3. The van der Waals surface area contributed by atoms with Gasteiger partial charge in [-0.3, -0.25) is 4.79 Å². The zero-order valence-electron chi connectivity index (χ0n) is 13.6. The SMILES string of the molecule is CCOC(=O)C1=C[C@H](C(=O)OCC)[C@H]2c3cc(Br)ccc3OC[C@@H]12. The Kier molecular flexibility index (Phi) is 4.94. The van der Waals surface area contributed by atoms with Crippen LogP contribution >= 0.6 is 15.9 Å². The van der Waals surface area contributed by atoms with Crippen molar-refractivity contribution in [3.8, 4) is 5.75 Å². The van der Waals surface area contributed by atoms with Crippen LogP contribution in [-0.4, -0.2) is 31.8 Å². The van der Waals surface area contributed by atoms with Crippen molar-refractivity contribution in [2.45, 2.75) is 19.8 Å². The lowest BCUT2D eigenvalue weighted by Crippen LogP contribution is -2.32. The summed E-state index contributed by atoms with van der Waals surface area (Å²) in [6, 6.07) is 5.72. The Morgan fingerprint density at radius 2 is 2.00 bits per heavy atom. The molecular formula is C18H19BrO5. The molecule has 1 heterocycles. The van der Waals surface area contributed by atoms with Gasteiger partial charge >= 0.3 is 11.9 Å². The number of halogens is 1. The molecule has 3 rings (SSSR count). The molecule has 2 aliphatic rings. The molecule has 3 atom stereocenters. The largest absolute Gasteiger partial charge is 0.493 e. The minimum atomic E-state index is -0.508. The van der Waals surface area contributed by atoms with Crippen LogP contribution in [0.15, 0.2) is 34.3 Å². The van der Waals surface area contributed by atoms with Crippen LogP contribution in [0.4, 0.5) is 0 Å². The van der Waals surface area contributed by atoms with Gasteiger partial charge in [0.2, 0.25) is 0 Å². The van der Waals surface area contributed by atoms with Gasteiger partial charge in [0.1, 0.15) is 5.75 Å². The monoisotopic (exact) mass is 394 g/mol. The van der Waals surface area contributed by atoms with Crippen molar-refractivity contribution >= 4 is 27.9 Å². The molecule has 128 valence electrons. The molecule has 1 aliphatic carbocycles. The predicted molar refractivity (Wildman–Crippen MR) is 90.7 cm³/mol. The Hall–Kier alpha value is -1.82. The van der Waals surface area contributed by atoms with E-state index >= 15 is 0 Å². The lowest BCUT2D eigenvalue weighted by molar-refractivity contribution is -0.147. The Balaban J connectivity index is 2.02. The third kappa shape index (κ3) is 2.95. The number of ether oxygens (including phenoxy) is 3. The summed E-state index contributed by atoms with van der Waals surface area (Å²) in [5.74, 6) is -0.857. The van der Waals surface area contributed by atoms with Gasteiger partial charge in [0, 0.05) is 27.4 Å². The van der Waals surface area contributed by atoms with Crippen LogP contribution in [0.25, 0.3) is 0 Å². The predicted octanol–water partition coefficient (Wildman–Crippen LogP) is 3.22. The van der Waals surface area contributed by atoms with Gasteiger partial charge in [-0.05, 0) is 32.0 Å². The summed E-state index contributed by atoms with van der Waals surface area (Å²) in [5.41, 5.74) is 1.42. The van der Waals surface area contributed by atoms with Crippen LogP contribution in [0.1, 0.15) is 25.3 Å². The molecule has 0 spiro atoms. The molecule has 6 heteroatoms. The first-order valence-electron chi connectivity index (χ1n) is 8.04. The second-order valence-corrected chi connectivity index (χ2v) is 6.66. The standard InChI is InChI=1S/C18H19BrO5/c1-3-22-17(20)11-8-13(18(21)23-4-2)16-12-7-10(19)5-6-15(12)24-9-14(11)16/h5-8,13-14,16H,3-4,9H2,1-2H3/t13-,14-,16+/m0/s1. The zero-order chi connectivity index (χ0) is 17.3. The van der Waals surface area contributed by atoms with Gasteiger partial charge in [0.05, 0.1) is 25.7 Å². The van der Waals surface area contributed by atoms with Crippen molar-refractivity contribution in [1.29, 1.82) is 0 Å². The molecule has 0 fully saturated rings. The van der Waals surface area contributed by atoms with Crippen molar-refractivity contribution in [2.75, 3.05) is 19.8 Å². The molecule has 0 bridgehead atoms. The second-order valence-electron chi connectivity index (χ2n) is 5.75. The lowest BCUT2D eigenvalue weighted by atomic mass is 9.79. The molecule has 0 unspecified atom stereocenters. The summed E-state index contributed by atoms with van der Waals surface area (Å²) in [4.78, 5) is 24.7. The summed E-state index contributed by atoms with van der Waals surface area (Å²) in [7, 11) is 0. The number of carbonyl (C=O) groups is 2. The molecule has 1 aliphatic heterocycles. The quantitative estimate of drug-likeness (QED) is 0.733. The van der Waals surface area contributed by atoms with Gasteiger partial charge < -0.3 is 14.2 Å². The Bertz CT molecular complexity index is 697. The smallest absolute Gasteiger partial charge is 0.334 e. The summed E-state index contributed by atoms with van der Waals surface area (Å²) in [6.07, 6.45) is 1.70. The fourth-order valence-corrected chi connectivity index (χ4v) is 3.82. The highest BCUT2D eigenvalue weighted by Crippen LogP contribution is 2.50. The van der Waals surface area contributed by atoms with Gasteiger partial charge in [-0.15, -0.1) is 0 Å². The molecule has 1 aromatic carbocycles. The van der Waals surface area contributed by atoms with E-state index in [1.165, 1.54) is 0 Å². The molecule has 5 nitrogen and oxygen atoms in total. The number of carbonyl (C=O) groups excluding carboxylic acids is 2. The third-order valence-electron chi connectivity index (χ3n) is 4.40. The van der Waals surface area contributed by atoms with E-state index in [9.17, 15) is 9.59 Å². The first-order valence-corrected chi connectivity index (χ1v) is 8.83. The zero-order valence-corrected chi connectivity index (χ0v) is 15.2. The van der Waals surface area contributed by atoms with E-state index in [2.05, 4.69) is 15.9 Å². The van der Waals surface area contributed by atoms with Crippen molar-refractivity contribution < 1.29 is 23.8 Å². The highest BCUT2D eigenvalue weighted by Gasteiger charge is 2.48. The second kappa shape index (κ2) is 6.97. The molecule has 0 radical (unpaired) electrons. The topological polar surface area (TPSA) is 61.8 Å². The Labute approximate surface area is 149 Å². The summed E-state index contributed by atoms with van der Waals surface area (Å²) in [6.45, 7) is 4.48. The van der Waals surface area contributed by atoms with Crippen LogP contribution in [0, 0.1) is 11.8 Å². The van der Waals surface area contributed by atoms with E-state index in [1.807, 2.05) is 18.2 Å². The van der Waals surface area contributed by atoms with E-state index in [0.717, 1.165) is 15.8 Å². The van der Waals surface area contributed by atoms with Crippen LogP contribution in [0.2, 0.25) is 0 Å². The Morgan fingerprint density at radius 1 is 1.25 bits per heavy atom. The third-order valence-corrected chi connectivity index (χ3v) is 4.89. The lowest BCUT2D eigenvalue weighted by Gasteiger charge is -2.32. The molecule has 24 heavy (non-hydrogen) atoms. The van der Waals surface area contributed by atoms with Gasteiger partial charge in [0.15, 0.2) is 0 Å². The number of hydrogen-bond acceptors (Lipinski definition) is 5. The van der Waals surface area contributed by atoms with Crippen LogP contribution < -0.4 is 4.74 Å². The fourth-order valence-electron chi connectivity index (χ4n) is 3.45. The van der Waals surface area contributed by atoms with Crippen LogP contribution in [-0.2, 0) is 19.1 Å². The number of hydrogen-bond donors (Lipinski definition) is 0. The first kappa shape index (κ1) is 17.0. The molecule has 0 aromatic heterocycles. The highest BCUT2D eigenvalue weighted by atomic mass is 79.9. The van der Waals surface area contributed by atoms with Gasteiger partial charge in [-0.2, -0.15) is 0 Å². The van der Waals surface area contributed by atoms with Crippen LogP contribution in [0.5, 0.6) is 5.75 Å². The van der Waals surface area contributed by atoms with Gasteiger partial charge in [-0.1, -0.05) is 22.0 Å².